The second kappa shape index (κ2) is 8.45. The minimum absolute atomic E-state index is 0.282. The number of amides is 2. The smallest absolute Gasteiger partial charge is 0.329 e. The second-order valence-corrected chi connectivity index (χ2v) is 8.63. The molecule has 0 unspecified atom stereocenters. The first-order valence-corrected chi connectivity index (χ1v) is 10.2. The Morgan fingerprint density at radius 2 is 1.84 bits per heavy atom. The van der Waals surface area contributed by atoms with Crippen LogP contribution < -0.4 is 10.0 Å². The quantitative estimate of drug-likeness (QED) is 0.556. The van der Waals surface area contributed by atoms with Crippen LogP contribution >= 0.6 is 34.9 Å². The van der Waals surface area contributed by atoms with Gasteiger partial charge >= 0.3 is 6.03 Å². The Labute approximate surface area is 162 Å². The molecular formula is C18H23ClN2O2S2. The number of hydrogen-bond donors (Lipinski definition) is 3. The maximum Gasteiger partial charge on any atom is 0.329 e. The van der Waals surface area contributed by atoms with E-state index in [-0.39, 0.29) is 6.03 Å². The van der Waals surface area contributed by atoms with Crippen molar-refractivity contribution in [3.05, 3.63) is 45.3 Å². The van der Waals surface area contributed by atoms with E-state index in [4.69, 9.17) is 11.6 Å². The zero-order valence-electron chi connectivity index (χ0n) is 14.8. The number of aliphatic hydroxyl groups is 1. The lowest BCUT2D eigenvalue weighted by molar-refractivity contribution is 0.0789. The maximum atomic E-state index is 12.3. The van der Waals surface area contributed by atoms with E-state index in [0.29, 0.717) is 5.02 Å². The van der Waals surface area contributed by atoms with Gasteiger partial charge in [-0.2, -0.15) is 0 Å². The normalized spacial score (nSPS) is 11.4. The van der Waals surface area contributed by atoms with E-state index in [1.165, 1.54) is 23.3 Å². The summed E-state index contributed by atoms with van der Waals surface area (Å²) in [5.41, 5.74) is 2.82. The molecule has 0 saturated heterocycles. The standard InChI is InChI=1S/C18H23ClN2O2S2/c1-5-11-7-14(19)8-12(6-2)16(11)20-17(22)21-25-15-9-13(10-24-15)18(3,4)23/h7-10,23H,5-6H2,1-4H3,(H2,20,21,22). The molecule has 2 rings (SSSR count). The molecule has 3 N–H and O–H groups in total. The van der Waals surface area contributed by atoms with Crippen molar-refractivity contribution in [2.75, 3.05) is 5.32 Å². The molecule has 1 aromatic heterocycles. The molecule has 0 aliphatic rings. The summed E-state index contributed by atoms with van der Waals surface area (Å²) in [4.78, 5) is 12.3. The summed E-state index contributed by atoms with van der Waals surface area (Å²) >= 11 is 8.86. The molecule has 0 fully saturated rings. The number of hydrogen-bond acceptors (Lipinski definition) is 4. The molecule has 0 spiro atoms. The molecule has 0 aliphatic heterocycles. The predicted octanol–water partition coefficient (Wildman–Crippen LogP) is 5.58. The topological polar surface area (TPSA) is 61.4 Å². The second-order valence-electron chi connectivity index (χ2n) is 6.18. The molecule has 0 atom stereocenters. The molecule has 0 radical (unpaired) electrons. The van der Waals surface area contributed by atoms with Crippen molar-refractivity contribution in [2.24, 2.45) is 0 Å². The van der Waals surface area contributed by atoms with Gasteiger partial charge in [-0.05, 0) is 78.9 Å². The fourth-order valence-corrected chi connectivity index (χ4v) is 4.32. The third-order valence-electron chi connectivity index (χ3n) is 3.79. The lowest BCUT2D eigenvalue weighted by atomic mass is 10.0. The highest BCUT2D eigenvalue weighted by molar-refractivity contribution is 7.99. The number of aryl methyl sites for hydroxylation is 2. The minimum atomic E-state index is -0.882. The van der Waals surface area contributed by atoms with E-state index in [9.17, 15) is 9.90 Å². The van der Waals surface area contributed by atoms with E-state index in [0.717, 1.165) is 39.4 Å². The number of carbonyl (C=O) groups excluding carboxylic acids is 1. The average molecular weight is 399 g/mol. The van der Waals surface area contributed by atoms with Crippen molar-refractivity contribution < 1.29 is 9.90 Å². The SMILES string of the molecule is CCc1cc(Cl)cc(CC)c1NC(=O)NSc1cc(C(C)(C)O)cs1. The fourth-order valence-electron chi connectivity index (χ4n) is 2.37. The maximum absolute atomic E-state index is 12.3. The van der Waals surface area contributed by atoms with E-state index in [1.54, 1.807) is 13.8 Å². The Balaban J connectivity index is 2.05. The summed E-state index contributed by atoms with van der Waals surface area (Å²) in [6, 6.07) is 5.37. The van der Waals surface area contributed by atoms with Crippen LogP contribution in [0.15, 0.2) is 27.8 Å². The number of thiophene rings is 1. The largest absolute Gasteiger partial charge is 0.386 e. The number of anilines is 1. The highest BCUT2D eigenvalue weighted by Gasteiger charge is 2.18. The molecule has 25 heavy (non-hydrogen) atoms. The molecule has 2 aromatic rings. The summed E-state index contributed by atoms with van der Waals surface area (Å²) in [6.07, 6.45) is 1.58. The van der Waals surface area contributed by atoms with Gasteiger partial charge in [-0.15, -0.1) is 11.3 Å². The highest BCUT2D eigenvalue weighted by Crippen LogP contribution is 2.31. The van der Waals surface area contributed by atoms with Crippen molar-refractivity contribution in [3.63, 3.8) is 0 Å². The molecule has 0 saturated carbocycles. The Morgan fingerprint density at radius 1 is 1.24 bits per heavy atom. The number of urea groups is 1. The van der Waals surface area contributed by atoms with Crippen LogP contribution in [0.3, 0.4) is 0 Å². The lowest BCUT2D eigenvalue weighted by Crippen LogP contribution is -2.24. The van der Waals surface area contributed by atoms with Gasteiger partial charge in [0.2, 0.25) is 0 Å². The molecule has 2 amide bonds. The monoisotopic (exact) mass is 398 g/mol. The van der Waals surface area contributed by atoms with Gasteiger partial charge in [0.25, 0.3) is 0 Å². The number of rotatable bonds is 6. The summed E-state index contributed by atoms with van der Waals surface area (Å²) in [5.74, 6) is 0. The predicted molar refractivity (Wildman–Crippen MR) is 108 cm³/mol. The minimum Gasteiger partial charge on any atom is -0.386 e. The Hall–Kier alpha value is -1.21. The highest BCUT2D eigenvalue weighted by atomic mass is 35.5. The Bertz CT molecular complexity index is 729. The van der Waals surface area contributed by atoms with Crippen molar-refractivity contribution in [1.29, 1.82) is 0 Å². The fraction of sp³-hybridized carbons (Fsp3) is 0.389. The van der Waals surface area contributed by atoms with Gasteiger partial charge in [0, 0.05) is 10.7 Å². The molecule has 0 bridgehead atoms. The van der Waals surface area contributed by atoms with E-state index in [1.807, 2.05) is 37.4 Å². The van der Waals surface area contributed by atoms with Gasteiger partial charge in [-0.25, -0.2) is 4.79 Å². The van der Waals surface area contributed by atoms with E-state index in [2.05, 4.69) is 10.0 Å². The first-order chi connectivity index (χ1) is 11.7. The molecule has 1 heterocycles. The van der Waals surface area contributed by atoms with Crippen LogP contribution in [0.4, 0.5) is 10.5 Å². The van der Waals surface area contributed by atoms with Crippen molar-refractivity contribution >= 4 is 46.6 Å². The van der Waals surface area contributed by atoms with Crippen LogP contribution in [0.2, 0.25) is 5.02 Å². The Morgan fingerprint density at radius 3 is 2.32 bits per heavy atom. The zero-order chi connectivity index (χ0) is 18.6. The first-order valence-electron chi connectivity index (χ1n) is 8.11. The molecule has 136 valence electrons. The third kappa shape index (κ3) is 5.38. The third-order valence-corrected chi connectivity index (χ3v) is 5.88. The summed E-state index contributed by atoms with van der Waals surface area (Å²) < 4.78 is 3.70. The van der Waals surface area contributed by atoms with E-state index < -0.39 is 5.60 Å². The average Bonchev–Trinajstić information content (AvgIpc) is 3.03. The Kier molecular flexibility index (Phi) is 6.79. The van der Waals surface area contributed by atoms with Crippen molar-refractivity contribution in [1.82, 2.24) is 4.72 Å². The van der Waals surface area contributed by atoms with Crippen LogP contribution in [0, 0.1) is 0 Å². The number of nitrogens with one attached hydrogen (secondary N) is 2. The molecule has 4 nitrogen and oxygen atoms in total. The summed E-state index contributed by atoms with van der Waals surface area (Å²) in [5, 5.41) is 15.5. The van der Waals surface area contributed by atoms with E-state index >= 15 is 0 Å². The van der Waals surface area contributed by atoms with Crippen LogP contribution in [0.1, 0.15) is 44.4 Å². The van der Waals surface area contributed by atoms with Crippen molar-refractivity contribution in [3.8, 4) is 0 Å². The number of carbonyl (C=O) groups is 1. The number of halogens is 1. The number of benzene rings is 1. The van der Waals surface area contributed by atoms with Crippen LogP contribution in [0.5, 0.6) is 0 Å². The van der Waals surface area contributed by atoms with Crippen LogP contribution in [-0.4, -0.2) is 11.1 Å². The van der Waals surface area contributed by atoms with Crippen LogP contribution in [0.25, 0.3) is 0 Å². The van der Waals surface area contributed by atoms with Crippen LogP contribution in [-0.2, 0) is 18.4 Å². The molecule has 1 aromatic carbocycles. The van der Waals surface area contributed by atoms with Gasteiger partial charge in [0.15, 0.2) is 0 Å². The van der Waals surface area contributed by atoms with Gasteiger partial charge in [0.1, 0.15) is 0 Å². The summed E-state index contributed by atoms with van der Waals surface area (Å²) in [6.45, 7) is 7.55. The van der Waals surface area contributed by atoms with Gasteiger partial charge in [-0.1, -0.05) is 25.4 Å². The molecule has 0 aliphatic carbocycles. The molecule has 7 heteroatoms. The molecular weight excluding hydrogens is 376 g/mol. The van der Waals surface area contributed by atoms with Crippen molar-refractivity contribution in [2.45, 2.75) is 50.3 Å². The van der Waals surface area contributed by atoms with Gasteiger partial charge < -0.3 is 10.4 Å². The zero-order valence-corrected chi connectivity index (χ0v) is 17.2. The van der Waals surface area contributed by atoms with Gasteiger partial charge in [-0.3, -0.25) is 4.72 Å². The van der Waals surface area contributed by atoms with Gasteiger partial charge in [0.05, 0.1) is 9.81 Å². The summed E-state index contributed by atoms with van der Waals surface area (Å²) in [7, 11) is 0. The lowest BCUT2D eigenvalue weighted by Gasteiger charge is -2.15. The first kappa shape index (κ1) is 20.1.